The van der Waals surface area contributed by atoms with Gasteiger partial charge in [-0.1, -0.05) is 6.07 Å². The number of phenols is 1. The van der Waals surface area contributed by atoms with Crippen LogP contribution >= 0.6 is 0 Å². The Balaban J connectivity index is 1.64. The molecule has 2 heterocycles. The molecule has 0 unspecified atom stereocenters. The van der Waals surface area contributed by atoms with E-state index in [1.54, 1.807) is 50.7 Å². The largest absolute Gasteiger partial charge is 0.507 e. The summed E-state index contributed by atoms with van der Waals surface area (Å²) in [6.07, 6.45) is 2.41. The fourth-order valence-corrected chi connectivity index (χ4v) is 3.47. The number of benzene rings is 2. The zero-order valence-electron chi connectivity index (χ0n) is 17.9. The highest BCUT2D eigenvalue weighted by Gasteiger charge is 2.15. The number of rotatable bonds is 8. The first-order chi connectivity index (χ1) is 15.6. The number of phenolic OH excluding ortho intramolecular Hbond substituents is 1. The van der Waals surface area contributed by atoms with Gasteiger partial charge >= 0.3 is 0 Å². The number of nitrogens with one attached hydrogen (secondary N) is 2. The van der Waals surface area contributed by atoms with Gasteiger partial charge in [-0.25, -0.2) is 9.97 Å². The minimum Gasteiger partial charge on any atom is -0.507 e. The van der Waals surface area contributed by atoms with Crippen LogP contribution < -0.4 is 10.1 Å². The second-order valence-corrected chi connectivity index (χ2v) is 7.21. The van der Waals surface area contributed by atoms with Crippen LogP contribution in [0.3, 0.4) is 0 Å². The summed E-state index contributed by atoms with van der Waals surface area (Å²) in [5.41, 5.74) is 4.10. The van der Waals surface area contributed by atoms with E-state index in [9.17, 15) is 9.90 Å². The van der Waals surface area contributed by atoms with Crippen LogP contribution in [0.25, 0.3) is 33.5 Å². The number of hydrogen-bond donors (Lipinski definition) is 3. The van der Waals surface area contributed by atoms with Gasteiger partial charge in [-0.3, -0.25) is 4.79 Å². The summed E-state index contributed by atoms with van der Waals surface area (Å²) in [6, 6.07) is 14.2. The lowest BCUT2D eigenvalue weighted by Crippen LogP contribution is -2.25. The smallest absolute Gasteiger partial charge is 0.251 e. The Labute approximate surface area is 185 Å². The summed E-state index contributed by atoms with van der Waals surface area (Å²) >= 11 is 0. The van der Waals surface area contributed by atoms with E-state index in [-0.39, 0.29) is 11.7 Å². The Hall–Kier alpha value is -3.91. The van der Waals surface area contributed by atoms with Crippen molar-refractivity contribution in [2.75, 3.05) is 27.4 Å². The topological polar surface area (TPSA) is 109 Å². The van der Waals surface area contributed by atoms with Gasteiger partial charge in [0.1, 0.15) is 11.6 Å². The molecule has 0 radical (unpaired) electrons. The molecule has 8 nitrogen and oxygen atoms in total. The van der Waals surface area contributed by atoms with Gasteiger partial charge in [0.15, 0.2) is 0 Å². The molecule has 2 aromatic heterocycles. The number of aromatic amines is 1. The fourth-order valence-electron chi connectivity index (χ4n) is 3.47. The van der Waals surface area contributed by atoms with Crippen LogP contribution in [0.2, 0.25) is 0 Å². The van der Waals surface area contributed by atoms with Crippen molar-refractivity contribution in [1.29, 1.82) is 0 Å². The maximum atomic E-state index is 12.4. The average Bonchev–Trinajstić information content (AvgIpc) is 3.25. The molecule has 164 valence electrons. The molecule has 0 spiro atoms. The van der Waals surface area contributed by atoms with Gasteiger partial charge in [0.2, 0.25) is 5.88 Å². The number of nitrogens with zero attached hydrogens (tertiary/aromatic N) is 2. The van der Waals surface area contributed by atoms with E-state index >= 15 is 0 Å². The molecule has 3 N–H and O–H groups in total. The number of aromatic hydroxyl groups is 1. The van der Waals surface area contributed by atoms with E-state index in [1.165, 1.54) is 0 Å². The van der Waals surface area contributed by atoms with Gasteiger partial charge in [0.25, 0.3) is 5.91 Å². The molecule has 0 aliphatic heterocycles. The third-order valence-corrected chi connectivity index (χ3v) is 5.08. The number of imidazole rings is 1. The quantitative estimate of drug-likeness (QED) is 0.366. The molecule has 0 bridgehead atoms. The van der Waals surface area contributed by atoms with E-state index in [0.717, 1.165) is 17.5 Å². The van der Waals surface area contributed by atoms with Crippen LogP contribution in [0.4, 0.5) is 0 Å². The molecule has 4 rings (SSSR count). The number of carbonyl (C=O) groups is 1. The Bertz CT molecular complexity index is 1250. The Morgan fingerprint density at radius 2 is 2.00 bits per heavy atom. The molecule has 0 fully saturated rings. The maximum absolute atomic E-state index is 12.4. The Kier molecular flexibility index (Phi) is 6.32. The van der Waals surface area contributed by atoms with Gasteiger partial charge in [0, 0.05) is 37.6 Å². The zero-order valence-corrected chi connectivity index (χ0v) is 17.9. The van der Waals surface area contributed by atoms with Gasteiger partial charge in [0.05, 0.1) is 23.7 Å². The fraction of sp³-hybridized carbons (Fsp3) is 0.208. The van der Waals surface area contributed by atoms with Gasteiger partial charge in [-0.05, 0) is 54.4 Å². The highest BCUT2D eigenvalue weighted by molar-refractivity contribution is 5.97. The highest BCUT2D eigenvalue weighted by atomic mass is 16.5. The van der Waals surface area contributed by atoms with Crippen molar-refractivity contribution in [3.8, 4) is 34.1 Å². The Morgan fingerprint density at radius 1 is 1.12 bits per heavy atom. The van der Waals surface area contributed by atoms with Gasteiger partial charge < -0.3 is 24.9 Å². The predicted octanol–water partition coefficient (Wildman–Crippen LogP) is 3.77. The van der Waals surface area contributed by atoms with Crippen molar-refractivity contribution in [1.82, 2.24) is 20.3 Å². The molecule has 0 saturated heterocycles. The number of amides is 1. The summed E-state index contributed by atoms with van der Waals surface area (Å²) in [4.78, 5) is 24.4. The monoisotopic (exact) mass is 432 g/mol. The van der Waals surface area contributed by atoms with Crippen LogP contribution in [0.1, 0.15) is 16.8 Å². The van der Waals surface area contributed by atoms with Gasteiger partial charge in [-0.15, -0.1) is 0 Å². The number of hydrogen-bond acceptors (Lipinski definition) is 6. The van der Waals surface area contributed by atoms with Crippen molar-refractivity contribution in [2.45, 2.75) is 6.42 Å². The predicted molar refractivity (Wildman–Crippen MR) is 122 cm³/mol. The van der Waals surface area contributed by atoms with Crippen molar-refractivity contribution in [2.24, 2.45) is 0 Å². The first-order valence-electron chi connectivity index (χ1n) is 10.2. The Morgan fingerprint density at radius 3 is 2.81 bits per heavy atom. The van der Waals surface area contributed by atoms with Crippen LogP contribution in [-0.2, 0) is 4.74 Å². The number of ether oxygens (including phenoxy) is 2. The molecule has 1 amide bonds. The van der Waals surface area contributed by atoms with E-state index in [0.29, 0.717) is 47.0 Å². The lowest BCUT2D eigenvalue weighted by atomic mass is 10.0. The zero-order chi connectivity index (χ0) is 22.5. The summed E-state index contributed by atoms with van der Waals surface area (Å²) in [6.45, 7) is 1.13. The van der Waals surface area contributed by atoms with Gasteiger partial charge in [-0.2, -0.15) is 0 Å². The summed E-state index contributed by atoms with van der Waals surface area (Å²) < 4.78 is 10.4. The number of H-pyrrole nitrogens is 1. The molecular formula is C24H24N4O4. The molecule has 32 heavy (non-hydrogen) atoms. The molecule has 0 aliphatic carbocycles. The minimum absolute atomic E-state index is 0.0896. The van der Waals surface area contributed by atoms with Crippen LogP contribution in [-0.4, -0.2) is 53.3 Å². The van der Waals surface area contributed by atoms with E-state index in [2.05, 4.69) is 20.3 Å². The molecule has 4 aromatic rings. The van der Waals surface area contributed by atoms with Crippen LogP contribution in [0.5, 0.6) is 11.6 Å². The second kappa shape index (κ2) is 9.49. The first kappa shape index (κ1) is 21.3. The number of methoxy groups -OCH3 is 2. The number of aromatic nitrogens is 3. The first-order valence-corrected chi connectivity index (χ1v) is 10.2. The molecule has 0 saturated carbocycles. The SMILES string of the molecule is COCCCNC(=O)c1ccc2nc(-c3cc(-c4cccnc4OC)ccc3O)[nH]c2c1. The molecule has 8 heteroatoms. The third kappa shape index (κ3) is 4.40. The standard InChI is InChI=1S/C24H24N4O4/c1-31-12-4-11-25-23(30)16-6-8-19-20(14-16)28-22(27-19)18-13-15(7-9-21(18)29)17-5-3-10-26-24(17)32-2/h3,5-10,13-14,29H,4,11-12H2,1-2H3,(H,25,30)(H,27,28). The summed E-state index contributed by atoms with van der Waals surface area (Å²) in [7, 11) is 3.20. The average molecular weight is 432 g/mol. The van der Waals surface area contributed by atoms with Crippen molar-refractivity contribution in [3.05, 3.63) is 60.3 Å². The van der Waals surface area contributed by atoms with E-state index in [1.807, 2.05) is 18.2 Å². The number of carbonyl (C=O) groups excluding carboxylic acids is 1. The van der Waals surface area contributed by atoms with Crippen molar-refractivity contribution < 1.29 is 19.4 Å². The molecule has 0 atom stereocenters. The number of pyridine rings is 1. The third-order valence-electron chi connectivity index (χ3n) is 5.08. The van der Waals surface area contributed by atoms with Crippen molar-refractivity contribution >= 4 is 16.9 Å². The minimum atomic E-state index is -0.160. The van der Waals surface area contributed by atoms with Crippen molar-refractivity contribution in [3.63, 3.8) is 0 Å². The lowest BCUT2D eigenvalue weighted by molar-refractivity contribution is 0.0948. The maximum Gasteiger partial charge on any atom is 0.251 e. The summed E-state index contributed by atoms with van der Waals surface area (Å²) in [5, 5.41) is 13.4. The van der Waals surface area contributed by atoms with Crippen LogP contribution in [0.15, 0.2) is 54.7 Å². The molecule has 2 aromatic carbocycles. The van der Waals surface area contributed by atoms with Crippen LogP contribution in [0, 0.1) is 0 Å². The molecule has 0 aliphatic rings. The summed E-state index contributed by atoms with van der Waals surface area (Å²) in [5.74, 6) is 0.925. The molecular weight excluding hydrogens is 408 g/mol. The highest BCUT2D eigenvalue weighted by Crippen LogP contribution is 2.35. The van der Waals surface area contributed by atoms with E-state index < -0.39 is 0 Å². The van der Waals surface area contributed by atoms with E-state index in [4.69, 9.17) is 9.47 Å². The second-order valence-electron chi connectivity index (χ2n) is 7.21. The number of fused-ring (bicyclic) bond motifs is 1. The normalized spacial score (nSPS) is 10.9. The lowest BCUT2D eigenvalue weighted by Gasteiger charge is -2.09.